The minimum Gasteiger partial charge on any atom is -0.399 e. The van der Waals surface area contributed by atoms with E-state index in [9.17, 15) is 14.4 Å². The maximum absolute atomic E-state index is 12.5. The summed E-state index contributed by atoms with van der Waals surface area (Å²) in [5, 5.41) is 2.79. The largest absolute Gasteiger partial charge is 0.399 e. The number of likely N-dealkylation sites (tertiary alicyclic amines) is 1. The molecule has 0 bridgehead atoms. The zero-order valence-electron chi connectivity index (χ0n) is 14.5. The van der Waals surface area contributed by atoms with Crippen molar-refractivity contribution in [3.63, 3.8) is 0 Å². The van der Waals surface area contributed by atoms with Crippen LogP contribution in [0.25, 0.3) is 0 Å². The van der Waals surface area contributed by atoms with E-state index in [0.717, 1.165) is 29.7 Å². The first-order chi connectivity index (χ1) is 12.0. The molecule has 6 nitrogen and oxygen atoms in total. The van der Waals surface area contributed by atoms with Crippen LogP contribution in [-0.4, -0.2) is 35.7 Å². The van der Waals surface area contributed by atoms with Crippen molar-refractivity contribution in [3.8, 4) is 0 Å². The lowest BCUT2D eigenvalue weighted by atomic mass is 9.74. The number of hydrogen-bond acceptors (Lipinski definition) is 4. The number of nitrogen functional groups attached to an aromatic ring is 1. The molecule has 2 aliphatic rings. The van der Waals surface area contributed by atoms with Crippen LogP contribution in [0.5, 0.6) is 0 Å². The van der Waals surface area contributed by atoms with Crippen LogP contribution in [0, 0.1) is 17.8 Å². The molecule has 0 radical (unpaired) electrons. The van der Waals surface area contributed by atoms with E-state index < -0.39 is 0 Å². The summed E-state index contributed by atoms with van der Waals surface area (Å²) in [7, 11) is 0. The Balaban J connectivity index is 1.51. The van der Waals surface area contributed by atoms with Gasteiger partial charge in [0, 0.05) is 12.2 Å². The van der Waals surface area contributed by atoms with Crippen molar-refractivity contribution < 1.29 is 14.4 Å². The second-order valence-electron chi connectivity index (χ2n) is 7.14. The van der Waals surface area contributed by atoms with Gasteiger partial charge in [-0.25, -0.2) is 0 Å². The first kappa shape index (κ1) is 17.5. The molecule has 2 fully saturated rings. The predicted octanol–water partition coefficient (Wildman–Crippen LogP) is 1.35. The molecule has 3 amide bonds. The van der Waals surface area contributed by atoms with Crippen LogP contribution < -0.4 is 11.1 Å². The summed E-state index contributed by atoms with van der Waals surface area (Å²) in [5.74, 6) is -0.869. The lowest BCUT2D eigenvalue weighted by molar-refractivity contribution is -0.143. The van der Waals surface area contributed by atoms with Gasteiger partial charge in [-0.15, -0.1) is 0 Å². The number of hydrogen-bond donors (Lipinski definition) is 2. The Bertz CT molecular complexity index is 671. The molecule has 1 aliphatic carbocycles. The minimum atomic E-state index is -0.288. The van der Waals surface area contributed by atoms with Gasteiger partial charge in [-0.2, -0.15) is 0 Å². The number of amides is 3. The van der Waals surface area contributed by atoms with Crippen LogP contribution in [0.3, 0.4) is 0 Å². The van der Waals surface area contributed by atoms with Crippen molar-refractivity contribution >= 4 is 23.4 Å². The molecule has 1 saturated heterocycles. The number of anilines is 1. The van der Waals surface area contributed by atoms with Crippen molar-refractivity contribution in [3.05, 3.63) is 29.8 Å². The smallest absolute Gasteiger partial charge is 0.240 e. The van der Waals surface area contributed by atoms with E-state index in [1.54, 1.807) is 0 Å². The highest BCUT2D eigenvalue weighted by molar-refractivity contribution is 6.07. The zero-order valence-corrected chi connectivity index (χ0v) is 14.5. The summed E-state index contributed by atoms with van der Waals surface area (Å²) in [6, 6.07) is 7.48. The fourth-order valence-corrected chi connectivity index (χ4v) is 3.98. The summed E-state index contributed by atoms with van der Waals surface area (Å²) in [6.45, 7) is 2.32. The van der Waals surface area contributed by atoms with Gasteiger partial charge >= 0.3 is 0 Å². The Morgan fingerprint density at radius 1 is 1.20 bits per heavy atom. The molecule has 1 aliphatic heterocycles. The molecule has 134 valence electrons. The third kappa shape index (κ3) is 3.67. The number of carbonyl (C=O) groups excluding carboxylic acids is 3. The van der Waals surface area contributed by atoms with E-state index in [0.29, 0.717) is 18.7 Å². The topological polar surface area (TPSA) is 92.5 Å². The van der Waals surface area contributed by atoms with E-state index in [1.807, 2.05) is 31.2 Å². The lowest BCUT2D eigenvalue weighted by Gasteiger charge is -2.27. The fourth-order valence-electron chi connectivity index (χ4n) is 3.98. The number of rotatable bonds is 5. The number of benzene rings is 1. The molecule has 25 heavy (non-hydrogen) atoms. The van der Waals surface area contributed by atoms with E-state index in [-0.39, 0.29) is 42.0 Å². The van der Waals surface area contributed by atoms with Gasteiger partial charge in [-0.05, 0) is 42.9 Å². The van der Waals surface area contributed by atoms with E-state index in [2.05, 4.69) is 5.32 Å². The van der Waals surface area contributed by atoms with Gasteiger partial charge in [0.1, 0.15) is 6.54 Å². The van der Waals surface area contributed by atoms with Crippen molar-refractivity contribution in [1.82, 2.24) is 10.2 Å². The van der Waals surface area contributed by atoms with E-state index >= 15 is 0 Å². The SMILES string of the molecule is C[C@@H]1CCC[C@H]2C(=O)N(CC(=O)NCCc3ccc(N)cc3)C(=O)[C@@H]12. The number of imide groups is 1. The van der Waals surface area contributed by atoms with Gasteiger partial charge in [-0.1, -0.05) is 25.5 Å². The first-order valence-corrected chi connectivity index (χ1v) is 8.93. The second-order valence-corrected chi connectivity index (χ2v) is 7.14. The summed E-state index contributed by atoms with van der Waals surface area (Å²) in [4.78, 5) is 38.3. The Kier molecular flexibility index (Phi) is 5.06. The quantitative estimate of drug-likeness (QED) is 0.623. The lowest BCUT2D eigenvalue weighted by Crippen LogP contribution is -2.41. The predicted molar refractivity (Wildman–Crippen MR) is 94.3 cm³/mol. The average molecular weight is 343 g/mol. The van der Waals surface area contributed by atoms with Gasteiger partial charge in [0.15, 0.2) is 0 Å². The van der Waals surface area contributed by atoms with Gasteiger partial charge in [0.2, 0.25) is 17.7 Å². The minimum absolute atomic E-state index is 0.168. The van der Waals surface area contributed by atoms with Crippen molar-refractivity contribution in [2.45, 2.75) is 32.6 Å². The van der Waals surface area contributed by atoms with E-state index in [1.165, 1.54) is 0 Å². The molecule has 3 atom stereocenters. The normalized spacial score (nSPS) is 25.8. The Morgan fingerprint density at radius 3 is 2.60 bits per heavy atom. The van der Waals surface area contributed by atoms with E-state index in [4.69, 9.17) is 5.73 Å². The van der Waals surface area contributed by atoms with Crippen molar-refractivity contribution in [2.75, 3.05) is 18.8 Å². The van der Waals surface area contributed by atoms with Crippen molar-refractivity contribution in [1.29, 1.82) is 0 Å². The summed E-state index contributed by atoms with van der Waals surface area (Å²) in [6.07, 6.45) is 3.38. The molecule has 0 aromatic heterocycles. The Morgan fingerprint density at radius 2 is 1.92 bits per heavy atom. The molecule has 3 rings (SSSR count). The summed E-state index contributed by atoms with van der Waals surface area (Å²) < 4.78 is 0. The molecular weight excluding hydrogens is 318 g/mol. The molecule has 6 heteroatoms. The van der Waals surface area contributed by atoms with Crippen LogP contribution in [0.1, 0.15) is 31.7 Å². The van der Waals surface area contributed by atoms with Gasteiger partial charge in [0.05, 0.1) is 11.8 Å². The number of nitrogens with two attached hydrogens (primary N) is 1. The summed E-state index contributed by atoms with van der Waals surface area (Å²) in [5.41, 5.74) is 7.42. The molecule has 3 N–H and O–H groups in total. The van der Waals surface area contributed by atoms with Gasteiger partial charge in [0.25, 0.3) is 0 Å². The standard InChI is InChI=1S/C19H25N3O3/c1-12-3-2-4-15-17(12)19(25)22(18(15)24)11-16(23)21-10-9-13-5-7-14(20)8-6-13/h5-8,12,15,17H,2-4,9-11,20H2,1H3,(H,21,23)/t12-,15-,17+/m1/s1. The molecule has 1 heterocycles. The maximum Gasteiger partial charge on any atom is 0.240 e. The maximum atomic E-state index is 12.5. The number of nitrogens with one attached hydrogen (secondary N) is 1. The highest BCUT2D eigenvalue weighted by Gasteiger charge is 2.51. The van der Waals surface area contributed by atoms with Crippen LogP contribution in [0.2, 0.25) is 0 Å². The molecule has 1 aromatic carbocycles. The van der Waals surface area contributed by atoms with Crippen LogP contribution >= 0.6 is 0 Å². The van der Waals surface area contributed by atoms with Gasteiger partial charge < -0.3 is 11.1 Å². The summed E-state index contributed by atoms with van der Waals surface area (Å²) >= 11 is 0. The second kappa shape index (κ2) is 7.25. The number of carbonyl (C=O) groups is 3. The first-order valence-electron chi connectivity index (χ1n) is 8.93. The molecular formula is C19H25N3O3. The molecule has 0 spiro atoms. The molecule has 1 aromatic rings. The fraction of sp³-hybridized carbons (Fsp3) is 0.526. The zero-order chi connectivity index (χ0) is 18.0. The van der Waals surface area contributed by atoms with Crippen LogP contribution in [-0.2, 0) is 20.8 Å². The highest BCUT2D eigenvalue weighted by Crippen LogP contribution is 2.41. The third-order valence-corrected chi connectivity index (χ3v) is 5.37. The third-order valence-electron chi connectivity index (χ3n) is 5.37. The number of fused-ring (bicyclic) bond motifs is 1. The average Bonchev–Trinajstić information content (AvgIpc) is 2.83. The Labute approximate surface area is 147 Å². The van der Waals surface area contributed by atoms with Crippen LogP contribution in [0.4, 0.5) is 5.69 Å². The highest BCUT2D eigenvalue weighted by atomic mass is 16.2. The number of nitrogens with zero attached hydrogens (tertiary/aromatic N) is 1. The monoisotopic (exact) mass is 343 g/mol. The molecule has 0 unspecified atom stereocenters. The Hall–Kier alpha value is -2.37. The van der Waals surface area contributed by atoms with Gasteiger partial charge in [-0.3, -0.25) is 19.3 Å². The van der Waals surface area contributed by atoms with Crippen LogP contribution in [0.15, 0.2) is 24.3 Å². The van der Waals surface area contributed by atoms with Crippen molar-refractivity contribution in [2.24, 2.45) is 17.8 Å². The molecule has 1 saturated carbocycles.